The molecule has 0 radical (unpaired) electrons. The van der Waals surface area contributed by atoms with Crippen molar-refractivity contribution < 1.29 is 0 Å². The third-order valence-corrected chi connectivity index (χ3v) is 16.1. The first-order valence-corrected chi connectivity index (χ1v) is 15.4. The minimum atomic E-state index is -2.70. The van der Waals surface area contributed by atoms with E-state index in [1.807, 2.05) is 11.3 Å². The number of thiophene rings is 1. The molecule has 130 valence electrons. The topological polar surface area (TPSA) is 0 Å². The van der Waals surface area contributed by atoms with Crippen LogP contribution in [0.15, 0.2) is 103 Å². The van der Waals surface area contributed by atoms with Gasteiger partial charge in [0, 0.05) is 0 Å². The van der Waals surface area contributed by atoms with E-state index in [1.165, 1.54) is 33.4 Å². The summed E-state index contributed by atoms with van der Waals surface area (Å²) in [5.41, 5.74) is 0. The van der Waals surface area contributed by atoms with Crippen molar-refractivity contribution in [2.45, 2.75) is 5.76 Å². The molecule has 0 bridgehead atoms. The second kappa shape index (κ2) is 6.67. The minimum absolute atomic E-state index is 1.37. The molecule has 0 unspecified atom stereocenters. The average Bonchev–Trinajstić information content (AvgIpc) is 3.12. The molecule has 0 saturated carbocycles. The standard InChI is InChI=1S/C25H20GeS/c1-26(19-10-4-2-5-11-19,20-12-6-3-7-13-20)21-16-17-25-23(18-21)22-14-8-9-15-24(22)27-25/h2-18H,1H3. The van der Waals surface area contributed by atoms with Crippen molar-refractivity contribution in [1.29, 1.82) is 0 Å². The molecule has 1 heterocycles. The molecule has 0 aliphatic heterocycles. The zero-order valence-corrected chi connectivity index (χ0v) is 18.1. The van der Waals surface area contributed by atoms with Crippen molar-refractivity contribution in [3.8, 4) is 0 Å². The number of hydrogen-bond acceptors (Lipinski definition) is 1. The molecular formula is C25H20GeS. The predicted molar refractivity (Wildman–Crippen MR) is 123 cm³/mol. The number of benzene rings is 4. The summed E-state index contributed by atoms with van der Waals surface area (Å²) in [4.78, 5) is 0. The normalized spacial score (nSPS) is 11.9. The molecule has 5 rings (SSSR count). The van der Waals surface area contributed by atoms with Crippen molar-refractivity contribution in [3.05, 3.63) is 103 Å². The van der Waals surface area contributed by atoms with Crippen LogP contribution in [0.4, 0.5) is 0 Å². The Morgan fingerprint density at radius 3 is 1.74 bits per heavy atom. The molecule has 0 nitrogen and oxygen atoms in total. The van der Waals surface area contributed by atoms with Gasteiger partial charge < -0.3 is 0 Å². The molecule has 4 aromatic carbocycles. The van der Waals surface area contributed by atoms with Crippen LogP contribution >= 0.6 is 11.3 Å². The summed E-state index contributed by atoms with van der Waals surface area (Å²) >= 11 is -0.807. The first kappa shape index (κ1) is 16.8. The summed E-state index contributed by atoms with van der Waals surface area (Å²) in [6.45, 7) is 0. The second-order valence-corrected chi connectivity index (χ2v) is 16.6. The first-order valence-electron chi connectivity index (χ1n) is 9.29. The van der Waals surface area contributed by atoms with Gasteiger partial charge in [0.05, 0.1) is 0 Å². The maximum atomic E-state index is 2.53. The van der Waals surface area contributed by atoms with Crippen LogP contribution in [0, 0.1) is 0 Å². The maximum absolute atomic E-state index is 2.70. The molecule has 0 N–H and O–H groups in total. The fourth-order valence-electron chi connectivity index (χ4n) is 4.08. The molecule has 1 aromatic heterocycles. The third-order valence-electron chi connectivity index (χ3n) is 5.66. The third kappa shape index (κ3) is 2.73. The van der Waals surface area contributed by atoms with Gasteiger partial charge in [-0.3, -0.25) is 0 Å². The number of hydrogen-bond donors (Lipinski definition) is 0. The van der Waals surface area contributed by atoms with E-state index < -0.39 is 13.3 Å². The zero-order chi connectivity index (χ0) is 18.3. The van der Waals surface area contributed by atoms with Crippen molar-refractivity contribution >= 4 is 58.0 Å². The van der Waals surface area contributed by atoms with Crippen LogP contribution < -0.4 is 13.2 Å². The van der Waals surface area contributed by atoms with Crippen LogP contribution in [0.2, 0.25) is 5.76 Å². The van der Waals surface area contributed by atoms with Gasteiger partial charge in [0.2, 0.25) is 0 Å². The Hall–Kier alpha value is -2.36. The Kier molecular flexibility index (Phi) is 4.15. The number of rotatable bonds is 3. The van der Waals surface area contributed by atoms with Crippen molar-refractivity contribution in [3.63, 3.8) is 0 Å². The van der Waals surface area contributed by atoms with E-state index in [0.717, 1.165) is 0 Å². The van der Waals surface area contributed by atoms with Crippen LogP contribution in [-0.2, 0) is 0 Å². The molecule has 0 spiro atoms. The zero-order valence-electron chi connectivity index (χ0n) is 15.2. The van der Waals surface area contributed by atoms with Gasteiger partial charge in [-0.05, 0) is 0 Å². The summed E-state index contributed by atoms with van der Waals surface area (Å²) in [5.74, 6) is 2.53. The molecule has 5 aromatic rings. The summed E-state index contributed by atoms with van der Waals surface area (Å²) in [6, 6.07) is 38.2. The summed E-state index contributed by atoms with van der Waals surface area (Å²) < 4.78 is 7.28. The SMILES string of the molecule is [CH3][Ge]([c]1ccccc1)([c]1ccccc1)[c]1ccc2sc3ccccc3c2c1. The summed E-state index contributed by atoms with van der Waals surface area (Å²) in [6.07, 6.45) is 0. The fraction of sp³-hybridized carbons (Fsp3) is 0.0400. The van der Waals surface area contributed by atoms with Crippen LogP contribution in [-0.4, -0.2) is 13.3 Å². The average molecular weight is 425 g/mol. The van der Waals surface area contributed by atoms with Gasteiger partial charge in [-0.1, -0.05) is 0 Å². The predicted octanol–water partition coefficient (Wildman–Crippen LogP) is 5.15. The molecule has 0 aliphatic rings. The van der Waals surface area contributed by atoms with Gasteiger partial charge in [-0.15, -0.1) is 0 Å². The van der Waals surface area contributed by atoms with E-state index >= 15 is 0 Å². The van der Waals surface area contributed by atoms with E-state index in [2.05, 4.69) is 109 Å². The molecule has 0 aliphatic carbocycles. The van der Waals surface area contributed by atoms with E-state index in [0.29, 0.717) is 0 Å². The monoisotopic (exact) mass is 426 g/mol. The second-order valence-electron chi connectivity index (χ2n) is 7.17. The first-order chi connectivity index (χ1) is 13.3. The van der Waals surface area contributed by atoms with Gasteiger partial charge in [-0.25, -0.2) is 0 Å². The molecule has 0 amide bonds. The van der Waals surface area contributed by atoms with E-state index in [4.69, 9.17) is 0 Å². The van der Waals surface area contributed by atoms with Gasteiger partial charge in [-0.2, -0.15) is 0 Å². The Labute approximate surface area is 166 Å². The van der Waals surface area contributed by atoms with Crippen molar-refractivity contribution in [1.82, 2.24) is 0 Å². The summed E-state index contributed by atoms with van der Waals surface area (Å²) in [7, 11) is 0. The fourth-order valence-corrected chi connectivity index (χ4v) is 12.7. The molecule has 0 fully saturated rings. The van der Waals surface area contributed by atoms with Crippen LogP contribution in [0.5, 0.6) is 0 Å². The van der Waals surface area contributed by atoms with Crippen molar-refractivity contribution in [2.24, 2.45) is 0 Å². The van der Waals surface area contributed by atoms with Crippen LogP contribution in [0.1, 0.15) is 0 Å². The molecular weight excluding hydrogens is 405 g/mol. The quantitative estimate of drug-likeness (QED) is 0.351. The van der Waals surface area contributed by atoms with E-state index in [-0.39, 0.29) is 0 Å². The number of fused-ring (bicyclic) bond motifs is 3. The summed E-state index contributed by atoms with van der Waals surface area (Å²) in [5, 5.41) is 2.78. The van der Waals surface area contributed by atoms with E-state index in [1.54, 1.807) is 0 Å². The van der Waals surface area contributed by atoms with Gasteiger partial charge >= 0.3 is 167 Å². The van der Waals surface area contributed by atoms with Crippen LogP contribution in [0.3, 0.4) is 0 Å². The molecule has 0 saturated heterocycles. The Balaban J connectivity index is 1.81. The molecule has 0 atom stereocenters. The Bertz CT molecular complexity index is 1180. The molecule has 27 heavy (non-hydrogen) atoms. The van der Waals surface area contributed by atoms with E-state index in [9.17, 15) is 0 Å². The van der Waals surface area contributed by atoms with Crippen molar-refractivity contribution in [2.75, 3.05) is 0 Å². The Morgan fingerprint density at radius 2 is 1.07 bits per heavy atom. The van der Waals surface area contributed by atoms with Gasteiger partial charge in [0.1, 0.15) is 0 Å². The van der Waals surface area contributed by atoms with Gasteiger partial charge in [0.25, 0.3) is 0 Å². The Morgan fingerprint density at radius 1 is 0.519 bits per heavy atom. The van der Waals surface area contributed by atoms with Gasteiger partial charge in [0.15, 0.2) is 0 Å². The molecule has 2 heteroatoms. The van der Waals surface area contributed by atoms with Crippen LogP contribution in [0.25, 0.3) is 20.2 Å².